The van der Waals surface area contributed by atoms with Crippen LogP contribution in [-0.4, -0.2) is 31.2 Å². The Morgan fingerprint density at radius 3 is 2.50 bits per heavy atom. The fourth-order valence-corrected chi connectivity index (χ4v) is 2.71. The highest BCUT2D eigenvalue weighted by Gasteiger charge is 2.21. The second kappa shape index (κ2) is 7.55. The molecule has 0 amide bonds. The van der Waals surface area contributed by atoms with Gasteiger partial charge in [-0.05, 0) is 12.0 Å². The number of hydrogen-bond acceptors (Lipinski definition) is 2. The van der Waals surface area contributed by atoms with Gasteiger partial charge in [0.15, 0.2) is 0 Å². The topological polar surface area (TPSA) is 12.5 Å². The SMILES string of the molecule is CCCCCC(c1ccccc1)N1CCOCC1. The molecule has 100 valence electrons. The molecule has 0 bridgehead atoms. The van der Waals surface area contributed by atoms with E-state index in [2.05, 4.69) is 42.2 Å². The van der Waals surface area contributed by atoms with Crippen LogP contribution in [0.15, 0.2) is 30.3 Å². The first-order valence-corrected chi connectivity index (χ1v) is 7.28. The first-order chi connectivity index (χ1) is 8.92. The fraction of sp³-hybridized carbons (Fsp3) is 0.625. The third-order valence-electron chi connectivity index (χ3n) is 3.75. The van der Waals surface area contributed by atoms with Crippen LogP contribution in [0.2, 0.25) is 0 Å². The molecule has 1 aliphatic rings. The lowest BCUT2D eigenvalue weighted by Gasteiger charge is -2.35. The molecule has 0 radical (unpaired) electrons. The van der Waals surface area contributed by atoms with Crippen LogP contribution in [0.4, 0.5) is 0 Å². The molecule has 1 aliphatic heterocycles. The Kier molecular flexibility index (Phi) is 5.69. The molecule has 0 spiro atoms. The molecule has 1 saturated heterocycles. The van der Waals surface area contributed by atoms with Crippen molar-refractivity contribution in [3.8, 4) is 0 Å². The van der Waals surface area contributed by atoms with Crippen molar-refractivity contribution >= 4 is 0 Å². The van der Waals surface area contributed by atoms with Gasteiger partial charge in [0.2, 0.25) is 0 Å². The second-order valence-electron chi connectivity index (χ2n) is 5.07. The zero-order valence-electron chi connectivity index (χ0n) is 11.5. The molecule has 1 aromatic rings. The van der Waals surface area contributed by atoms with Crippen LogP contribution in [0.3, 0.4) is 0 Å². The minimum atomic E-state index is 0.585. The Balaban J connectivity index is 2.01. The minimum absolute atomic E-state index is 0.585. The maximum atomic E-state index is 5.47. The molecule has 1 fully saturated rings. The zero-order chi connectivity index (χ0) is 12.6. The minimum Gasteiger partial charge on any atom is -0.379 e. The van der Waals surface area contributed by atoms with E-state index in [9.17, 15) is 0 Å². The zero-order valence-corrected chi connectivity index (χ0v) is 11.5. The van der Waals surface area contributed by atoms with Gasteiger partial charge in [0.25, 0.3) is 0 Å². The Bertz CT molecular complexity index is 319. The molecular weight excluding hydrogens is 222 g/mol. The number of unbranched alkanes of at least 4 members (excludes halogenated alkanes) is 2. The van der Waals surface area contributed by atoms with Crippen molar-refractivity contribution in [2.24, 2.45) is 0 Å². The average molecular weight is 247 g/mol. The van der Waals surface area contributed by atoms with Crippen LogP contribution in [0, 0.1) is 0 Å². The number of hydrogen-bond donors (Lipinski definition) is 0. The summed E-state index contributed by atoms with van der Waals surface area (Å²) in [5, 5.41) is 0. The summed E-state index contributed by atoms with van der Waals surface area (Å²) in [5.74, 6) is 0. The standard InChI is InChI=1S/C16H25NO/c1-2-3-5-10-16(15-8-6-4-7-9-15)17-11-13-18-14-12-17/h4,6-9,16H,2-3,5,10-14H2,1H3. The second-order valence-corrected chi connectivity index (χ2v) is 5.07. The molecule has 1 atom stereocenters. The van der Waals surface area contributed by atoms with E-state index in [-0.39, 0.29) is 0 Å². The van der Waals surface area contributed by atoms with Gasteiger partial charge < -0.3 is 4.74 Å². The lowest BCUT2D eigenvalue weighted by atomic mass is 9.98. The van der Waals surface area contributed by atoms with Crippen molar-refractivity contribution in [1.29, 1.82) is 0 Å². The number of benzene rings is 1. The van der Waals surface area contributed by atoms with Gasteiger partial charge in [-0.1, -0.05) is 56.5 Å². The average Bonchev–Trinajstić information content (AvgIpc) is 2.46. The van der Waals surface area contributed by atoms with Crippen LogP contribution in [0.25, 0.3) is 0 Å². The van der Waals surface area contributed by atoms with Crippen molar-refractivity contribution < 1.29 is 4.74 Å². The molecule has 0 aromatic heterocycles. The quantitative estimate of drug-likeness (QED) is 0.712. The molecule has 2 rings (SSSR count). The summed E-state index contributed by atoms with van der Waals surface area (Å²) in [5.41, 5.74) is 1.47. The number of rotatable bonds is 6. The highest BCUT2D eigenvalue weighted by molar-refractivity contribution is 5.19. The third-order valence-corrected chi connectivity index (χ3v) is 3.75. The van der Waals surface area contributed by atoms with E-state index in [1.807, 2.05) is 0 Å². The fourth-order valence-electron chi connectivity index (χ4n) is 2.71. The highest BCUT2D eigenvalue weighted by atomic mass is 16.5. The summed E-state index contributed by atoms with van der Waals surface area (Å²) in [7, 11) is 0. The van der Waals surface area contributed by atoms with Crippen LogP contribution in [0.1, 0.15) is 44.2 Å². The van der Waals surface area contributed by atoms with Gasteiger partial charge >= 0.3 is 0 Å². The van der Waals surface area contributed by atoms with Gasteiger partial charge in [-0.3, -0.25) is 4.90 Å². The lowest BCUT2D eigenvalue weighted by molar-refractivity contribution is 0.0137. The third kappa shape index (κ3) is 3.82. The Morgan fingerprint density at radius 1 is 1.11 bits per heavy atom. The normalized spacial score (nSPS) is 18.7. The lowest BCUT2D eigenvalue weighted by Crippen LogP contribution is -2.39. The van der Waals surface area contributed by atoms with Crippen LogP contribution >= 0.6 is 0 Å². The molecule has 0 aliphatic carbocycles. The monoisotopic (exact) mass is 247 g/mol. The Morgan fingerprint density at radius 2 is 1.83 bits per heavy atom. The summed E-state index contributed by atoms with van der Waals surface area (Å²) in [6, 6.07) is 11.5. The van der Waals surface area contributed by atoms with E-state index < -0.39 is 0 Å². The van der Waals surface area contributed by atoms with Gasteiger partial charge in [-0.15, -0.1) is 0 Å². The van der Waals surface area contributed by atoms with Crippen molar-refractivity contribution in [1.82, 2.24) is 4.90 Å². The van der Waals surface area contributed by atoms with Gasteiger partial charge in [-0.25, -0.2) is 0 Å². The van der Waals surface area contributed by atoms with Gasteiger partial charge in [-0.2, -0.15) is 0 Å². The van der Waals surface area contributed by atoms with Gasteiger partial charge in [0.1, 0.15) is 0 Å². The van der Waals surface area contributed by atoms with E-state index in [1.165, 1.54) is 31.2 Å². The van der Waals surface area contributed by atoms with Crippen molar-refractivity contribution in [2.75, 3.05) is 26.3 Å². The highest BCUT2D eigenvalue weighted by Crippen LogP contribution is 2.27. The Labute approximate surface area is 111 Å². The molecule has 18 heavy (non-hydrogen) atoms. The number of morpholine rings is 1. The molecule has 1 unspecified atom stereocenters. The maximum absolute atomic E-state index is 5.47. The molecule has 0 N–H and O–H groups in total. The molecule has 2 heteroatoms. The van der Waals surface area contributed by atoms with E-state index >= 15 is 0 Å². The van der Waals surface area contributed by atoms with E-state index in [0.717, 1.165) is 26.3 Å². The Hall–Kier alpha value is -0.860. The first-order valence-electron chi connectivity index (χ1n) is 7.28. The predicted octanol–water partition coefficient (Wildman–Crippen LogP) is 3.64. The molecule has 1 aromatic carbocycles. The summed E-state index contributed by atoms with van der Waals surface area (Å²) in [4.78, 5) is 2.59. The van der Waals surface area contributed by atoms with Gasteiger partial charge in [0.05, 0.1) is 13.2 Å². The van der Waals surface area contributed by atoms with Crippen LogP contribution < -0.4 is 0 Å². The van der Waals surface area contributed by atoms with E-state index in [4.69, 9.17) is 4.74 Å². The summed E-state index contributed by atoms with van der Waals surface area (Å²) in [6.45, 7) is 6.19. The molecule has 1 heterocycles. The summed E-state index contributed by atoms with van der Waals surface area (Å²) in [6.07, 6.45) is 5.24. The van der Waals surface area contributed by atoms with Gasteiger partial charge in [0, 0.05) is 19.1 Å². The van der Waals surface area contributed by atoms with E-state index in [0.29, 0.717) is 6.04 Å². The molecule has 0 saturated carbocycles. The number of nitrogens with zero attached hydrogens (tertiary/aromatic N) is 1. The van der Waals surface area contributed by atoms with E-state index in [1.54, 1.807) is 0 Å². The predicted molar refractivity (Wildman–Crippen MR) is 75.7 cm³/mol. The maximum Gasteiger partial charge on any atom is 0.0594 e. The smallest absolute Gasteiger partial charge is 0.0594 e. The van der Waals surface area contributed by atoms with Crippen molar-refractivity contribution in [3.63, 3.8) is 0 Å². The largest absolute Gasteiger partial charge is 0.379 e. The van der Waals surface area contributed by atoms with Crippen molar-refractivity contribution in [3.05, 3.63) is 35.9 Å². The van der Waals surface area contributed by atoms with Crippen LogP contribution in [-0.2, 0) is 4.74 Å². The van der Waals surface area contributed by atoms with Crippen molar-refractivity contribution in [2.45, 2.75) is 38.6 Å². The molecule has 2 nitrogen and oxygen atoms in total. The first kappa shape index (κ1) is 13.6. The summed E-state index contributed by atoms with van der Waals surface area (Å²) >= 11 is 0. The summed E-state index contributed by atoms with van der Waals surface area (Å²) < 4.78 is 5.47. The number of ether oxygens (including phenoxy) is 1. The van der Waals surface area contributed by atoms with Crippen LogP contribution in [0.5, 0.6) is 0 Å². The molecular formula is C16H25NO.